The number of rotatable bonds is 6. The molecule has 0 amide bonds. The minimum Gasteiger partial charge on any atom is -0.465 e. The maximum Gasteiger partial charge on any atom is 0.308 e. The summed E-state index contributed by atoms with van der Waals surface area (Å²) in [7, 11) is 0. The maximum atomic E-state index is 11.7. The summed E-state index contributed by atoms with van der Waals surface area (Å²) in [6.45, 7) is 6.33. The second-order valence-corrected chi connectivity index (χ2v) is 4.82. The van der Waals surface area contributed by atoms with Crippen molar-refractivity contribution in [3.8, 4) is 0 Å². The first-order valence-electron chi connectivity index (χ1n) is 6.18. The monoisotopic (exact) mass is 225 g/mol. The molecule has 0 aliphatic heterocycles. The Morgan fingerprint density at radius 2 is 2.44 bits per heavy atom. The standard InChI is InChI=1S/C13H23NO2/c1-3-5-9-16-12(15)11-6-8-13(14,10-11)7-4-2/h4,11H,2-3,5-10,14H2,1H3/t11-,13?/m1/s1. The van der Waals surface area contributed by atoms with Gasteiger partial charge >= 0.3 is 5.97 Å². The Kier molecular flexibility index (Phi) is 5.00. The fourth-order valence-corrected chi connectivity index (χ4v) is 2.27. The van der Waals surface area contributed by atoms with Crippen LogP contribution < -0.4 is 5.73 Å². The summed E-state index contributed by atoms with van der Waals surface area (Å²) in [4.78, 5) is 11.7. The van der Waals surface area contributed by atoms with Gasteiger partial charge in [-0.15, -0.1) is 6.58 Å². The lowest BCUT2D eigenvalue weighted by molar-refractivity contribution is -0.148. The first kappa shape index (κ1) is 13.2. The number of carbonyl (C=O) groups is 1. The molecule has 1 unspecified atom stereocenters. The minimum atomic E-state index is -0.226. The topological polar surface area (TPSA) is 52.3 Å². The molecule has 0 heterocycles. The van der Waals surface area contributed by atoms with Gasteiger partial charge in [0.1, 0.15) is 0 Å². The van der Waals surface area contributed by atoms with Crippen LogP contribution in [0, 0.1) is 5.92 Å². The van der Waals surface area contributed by atoms with Crippen molar-refractivity contribution in [3.63, 3.8) is 0 Å². The van der Waals surface area contributed by atoms with Crippen molar-refractivity contribution in [1.29, 1.82) is 0 Å². The molecule has 16 heavy (non-hydrogen) atoms. The summed E-state index contributed by atoms with van der Waals surface area (Å²) in [5.74, 6) is -0.0633. The predicted molar refractivity (Wildman–Crippen MR) is 64.9 cm³/mol. The van der Waals surface area contributed by atoms with E-state index in [1.165, 1.54) is 0 Å². The van der Waals surface area contributed by atoms with Crippen LogP contribution in [0.1, 0.15) is 45.4 Å². The van der Waals surface area contributed by atoms with Crippen molar-refractivity contribution in [2.75, 3.05) is 6.61 Å². The quantitative estimate of drug-likeness (QED) is 0.429. The zero-order valence-corrected chi connectivity index (χ0v) is 10.2. The Morgan fingerprint density at radius 1 is 1.69 bits per heavy atom. The van der Waals surface area contributed by atoms with Gasteiger partial charge in [0.05, 0.1) is 12.5 Å². The Bertz CT molecular complexity index is 252. The lowest BCUT2D eigenvalue weighted by Gasteiger charge is -2.21. The van der Waals surface area contributed by atoms with Crippen LogP contribution in [0.2, 0.25) is 0 Å². The van der Waals surface area contributed by atoms with E-state index in [1.807, 2.05) is 6.08 Å². The van der Waals surface area contributed by atoms with Crippen LogP contribution in [-0.2, 0) is 9.53 Å². The second kappa shape index (κ2) is 6.04. The molecule has 0 aromatic heterocycles. The molecule has 0 aromatic rings. The first-order valence-corrected chi connectivity index (χ1v) is 6.18. The van der Waals surface area contributed by atoms with Crippen molar-refractivity contribution in [3.05, 3.63) is 12.7 Å². The van der Waals surface area contributed by atoms with Gasteiger partial charge in [0.2, 0.25) is 0 Å². The zero-order chi connectivity index (χ0) is 12.0. The molecule has 3 heteroatoms. The van der Waals surface area contributed by atoms with E-state index in [1.54, 1.807) is 0 Å². The van der Waals surface area contributed by atoms with E-state index < -0.39 is 0 Å². The maximum absolute atomic E-state index is 11.7. The SMILES string of the molecule is C=CCC1(N)CC[C@@H](C(=O)OCCCC)C1. The molecule has 0 spiro atoms. The van der Waals surface area contributed by atoms with Crippen molar-refractivity contribution >= 4 is 5.97 Å². The van der Waals surface area contributed by atoms with Gasteiger partial charge in [-0.1, -0.05) is 19.4 Å². The summed E-state index contributed by atoms with van der Waals surface area (Å²) < 4.78 is 5.22. The van der Waals surface area contributed by atoms with E-state index in [0.717, 1.165) is 38.5 Å². The third kappa shape index (κ3) is 3.63. The number of hydrogen-bond acceptors (Lipinski definition) is 3. The van der Waals surface area contributed by atoms with Crippen LogP contribution >= 0.6 is 0 Å². The van der Waals surface area contributed by atoms with Gasteiger partial charge in [0.15, 0.2) is 0 Å². The number of unbranched alkanes of at least 4 members (excludes halogenated alkanes) is 1. The van der Waals surface area contributed by atoms with Crippen molar-refractivity contribution in [2.45, 2.75) is 51.0 Å². The third-order valence-corrected chi connectivity index (χ3v) is 3.27. The molecule has 1 fully saturated rings. The Labute approximate surface area is 98.0 Å². The molecular weight excluding hydrogens is 202 g/mol. The molecule has 1 aliphatic carbocycles. The molecule has 0 radical (unpaired) electrons. The Morgan fingerprint density at radius 3 is 3.06 bits per heavy atom. The number of nitrogens with two attached hydrogens (primary N) is 1. The van der Waals surface area contributed by atoms with Gasteiger partial charge < -0.3 is 10.5 Å². The van der Waals surface area contributed by atoms with E-state index in [4.69, 9.17) is 10.5 Å². The van der Waals surface area contributed by atoms with Gasteiger partial charge in [-0.25, -0.2) is 0 Å². The summed E-state index contributed by atoms with van der Waals surface area (Å²) in [6.07, 6.45) is 7.11. The van der Waals surface area contributed by atoms with E-state index >= 15 is 0 Å². The summed E-state index contributed by atoms with van der Waals surface area (Å²) >= 11 is 0. The average molecular weight is 225 g/mol. The van der Waals surface area contributed by atoms with Gasteiger partial charge in [-0.05, 0) is 32.1 Å². The van der Waals surface area contributed by atoms with E-state index in [-0.39, 0.29) is 17.4 Å². The fraction of sp³-hybridized carbons (Fsp3) is 0.769. The predicted octanol–water partition coefficient (Wildman–Crippen LogP) is 2.40. The average Bonchev–Trinajstić information content (AvgIpc) is 2.62. The smallest absolute Gasteiger partial charge is 0.308 e. The molecule has 0 saturated heterocycles. The number of carbonyl (C=O) groups excluding carboxylic acids is 1. The highest BCUT2D eigenvalue weighted by atomic mass is 16.5. The van der Waals surface area contributed by atoms with Crippen LogP contribution in [0.4, 0.5) is 0 Å². The van der Waals surface area contributed by atoms with Crippen LogP contribution in [-0.4, -0.2) is 18.1 Å². The van der Waals surface area contributed by atoms with Crippen LogP contribution in [0.25, 0.3) is 0 Å². The normalized spacial score (nSPS) is 29.0. The molecule has 2 atom stereocenters. The lowest BCUT2D eigenvalue weighted by atomic mass is 9.93. The summed E-state index contributed by atoms with van der Waals surface area (Å²) in [6, 6.07) is 0. The van der Waals surface area contributed by atoms with E-state index in [0.29, 0.717) is 6.61 Å². The molecule has 0 aromatic carbocycles. The first-order chi connectivity index (χ1) is 7.61. The molecule has 0 bridgehead atoms. The van der Waals surface area contributed by atoms with Crippen molar-refractivity contribution in [2.24, 2.45) is 11.7 Å². The highest BCUT2D eigenvalue weighted by Gasteiger charge is 2.38. The second-order valence-electron chi connectivity index (χ2n) is 4.82. The molecule has 2 N–H and O–H groups in total. The van der Waals surface area contributed by atoms with Crippen LogP contribution in [0.15, 0.2) is 12.7 Å². The highest BCUT2D eigenvalue weighted by Crippen LogP contribution is 2.35. The molecule has 3 nitrogen and oxygen atoms in total. The van der Waals surface area contributed by atoms with E-state index in [9.17, 15) is 4.79 Å². The zero-order valence-electron chi connectivity index (χ0n) is 10.2. The Balaban J connectivity index is 2.34. The molecule has 1 rings (SSSR count). The van der Waals surface area contributed by atoms with Gasteiger partial charge in [-0.3, -0.25) is 4.79 Å². The number of ether oxygens (including phenoxy) is 1. The lowest BCUT2D eigenvalue weighted by Crippen LogP contribution is -2.36. The molecule has 1 aliphatic rings. The summed E-state index contributed by atoms with van der Waals surface area (Å²) in [5, 5.41) is 0. The number of hydrogen-bond donors (Lipinski definition) is 1. The largest absolute Gasteiger partial charge is 0.465 e. The fourth-order valence-electron chi connectivity index (χ4n) is 2.27. The highest BCUT2D eigenvalue weighted by molar-refractivity contribution is 5.73. The minimum absolute atomic E-state index is 0.00167. The number of esters is 1. The summed E-state index contributed by atoms with van der Waals surface area (Å²) in [5.41, 5.74) is 5.95. The van der Waals surface area contributed by atoms with E-state index in [2.05, 4.69) is 13.5 Å². The van der Waals surface area contributed by atoms with Crippen LogP contribution in [0.5, 0.6) is 0 Å². The van der Waals surface area contributed by atoms with Gasteiger partial charge in [0, 0.05) is 5.54 Å². The third-order valence-electron chi connectivity index (χ3n) is 3.27. The molecular formula is C13H23NO2. The van der Waals surface area contributed by atoms with Crippen LogP contribution in [0.3, 0.4) is 0 Å². The van der Waals surface area contributed by atoms with Gasteiger partial charge in [0.25, 0.3) is 0 Å². The molecule has 92 valence electrons. The van der Waals surface area contributed by atoms with Crippen molar-refractivity contribution < 1.29 is 9.53 Å². The Hall–Kier alpha value is -0.830. The molecule has 1 saturated carbocycles. The van der Waals surface area contributed by atoms with Crippen molar-refractivity contribution in [1.82, 2.24) is 0 Å². The van der Waals surface area contributed by atoms with Gasteiger partial charge in [-0.2, -0.15) is 0 Å².